The van der Waals surface area contributed by atoms with Crippen molar-refractivity contribution in [3.63, 3.8) is 0 Å². The van der Waals surface area contributed by atoms with Crippen LogP contribution in [-0.2, 0) is 0 Å². The number of pyridine rings is 1. The van der Waals surface area contributed by atoms with Gasteiger partial charge in [-0.05, 0) is 43.0 Å². The molecule has 2 aromatic rings. The lowest BCUT2D eigenvalue weighted by atomic mass is 10.1. The van der Waals surface area contributed by atoms with E-state index in [2.05, 4.69) is 29.4 Å². The summed E-state index contributed by atoms with van der Waals surface area (Å²) in [5, 5.41) is 4.83. The van der Waals surface area contributed by atoms with Gasteiger partial charge in [-0.25, -0.2) is 0 Å². The van der Waals surface area contributed by atoms with E-state index < -0.39 is 0 Å². The molecule has 1 fully saturated rings. The number of hydrogen-bond donors (Lipinski definition) is 2. The van der Waals surface area contributed by atoms with Crippen molar-refractivity contribution < 1.29 is 0 Å². The molecule has 2 unspecified atom stereocenters. The molecule has 18 heavy (non-hydrogen) atoms. The number of nitrogens with one attached hydrogen (secondary N) is 1. The van der Waals surface area contributed by atoms with E-state index in [1.807, 2.05) is 18.3 Å². The van der Waals surface area contributed by atoms with Gasteiger partial charge in [0.1, 0.15) is 0 Å². The van der Waals surface area contributed by atoms with E-state index in [0.717, 1.165) is 22.5 Å². The van der Waals surface area contributed by atoms with Crippen molar-refractivity contribution in [1.82, 2.24) is 4.98 Å². The van der Waals surface area contributed by atoms with Crippen LogP contribution in [0.5, 0.6) is 0 Å². The first-order valence-corrected chi connectivity index (χ1v) is 6.65. The van der Waals surface area contributed by atoms with Gasteiger partial charge in [0.15, 0.2) is 0 Å². The number of nitrogen functional groups attached to an aromatic ring is 1. The maximum atomic E-state index is 5.80. The van der Waals surface area contributed by atoms with Crippen LogP contribution in [0, 0.1) is 5.92 Å². The number of nitrogens with two attached hydrogens (primary N) is 1. The van der Waals surface area contributed by atoms with E-state index in [9.17, 15) is 0 Å². The van der Waals surface area contributed by atoms with Gasteiger partial charge in [0.25, 0.3) is 0 Å². The monoisotopic (exact) mass is 241 g/mol. The minimum absolute atomic E-state index is 0.591. The maximum absolute atomic E-state index is 5.80. The molecule has 0 amide bonds. The topological polar surface area (TPSA) is 50.9 Å². The molecule has 3 N–H and O–H groups in total. The summed E-state index contributed by atoms with van der Waals surface area (Å²) in [4.78, 5) is 4.38. The number of rotatable bonds is 2. The molecule has 0 saturated heterocycles. The van der Waals surface area contributed by atoms with Gasteiger partial charge in [-0.2, -0.15) is 0 Å². The second-order valence-electron chi connectivity index (χ2n) is 5.29. The maximum Gasteiger partial charge on any atom is 0.0743 e. The summed E-state index contributed by atoms with van der Waals surface area (Å²) in [5.74, 6) is 0.752. The highest BCUT2D eigenvalue weighted by Gasteiger charge is 2.23. The SMILES string of the molecule is CC1CCCC1Nc1ccnc2cc(N)ccc12. The molecule has 1 saturated carbocycles. The van der Waals surface area contributed by atoms with Gasteiger partial charge in [0, 0.05) is 29.0 Å². The van der Waals surface area contributed by atoms with Crippen molar-refractivity contribution in [3.8, 4) is 0 Å². The third-order valence-corrected chi connectivity index (χ3v) is 3.97. The van der Waals surface area contributed by atoms with Crippen LogP contribution in [0.25, 0.3) is 10.9 Å². The minimum Gasteiger partial charge on any atom is -0.399 e. The minimum atomic E-state index is 0.591. The van der Waals surface area contributed by atoms with Crippen LogP contribution in [-0.4, -0.2) is 11.0 Å². The van der Waals surface area contributed by atoms with Crippen LogP contribution in [0.4, 0.5) is 11.4 Å². The highest BCUT2D eigenvalue weighted by molar-refractivity contribution is 5.92. The lowest BCUT2D eigenvalue weighted by Gasteiger charge is -2.19. The molecule has 1 aromatic carbocycles. The van der Waals surface area contributed by atoms with Gasteiger partial charge in [-0.1, -0.05) is 13.3 Å². The summed E-state index contributed by atoms with van der Waals surface area (Å²) >= 11 is 0. The number of anilines is 2. The highest BCUT2D eigenvalue weighted by Crippen LogP contribution is 2.30. The van der Waals surface area contributed by atoms with E-state index >= 15 is 0 Å². The predicted molar refractivity (Wildman–Crippen MR) is 76.6 cm³/mol. The number of hydrogen-bond acceptors (Lipinski definition) is 3. The molecule has 94 valence electrons. The quantitative estimate of drug-likeness (QED) is 0.792. The highest BCUT2D eigenvalue weighted by atomic mass is 14.9. The molecule has 0 radical (unpaired) electrons. The molecule has 0 aliphatic heterocycles. The normalized spacial score (nSPS) is 23.4. The van der Waals surface area contributed by atoms with Crippen molar-refractivity contribution in [2.75, 3.05) is 11.1 Å². The predicted octanol–water partition coefficient (Wildman–Crippen LogP) is 3.42. The van der Waals surface area contributed by atoms with Crippen molar-refractivity contribution in [2.45, 2.75) is 32.2 Å². The second-order valence-corrected chi connectivity index (χ2v) is 5.29. The standard InChI is InChI=1S/C15H19N3/c1-10-3-2-4-13(10)18-14-7-8-17-15-9-11(16)5-6-12(14)15/h5-10,13H,2-4,16H2,1H3,(H,17,18). The smallest absolute Gasteiger partial charge is 0.0743 e. The fourth-order valence-electron chi connectivity index (χ4n) is 2.85. The van der Waals surface area contributed by atoms with E-state index in [0.29, 0.717) is 6.04 Å². The molecule has 2 atom stereocenters. The first-order chi connectivity index (χ1) is 8.74. The number of fused-ring (bicyclic) bond motifs is 1. The Morgan fingerprint density at radius 3 is 2.94 bits per heavy atom. The van der Waals surface area contributed by atoms with E-state index in [1.165, 1.54) is 24.9 Å². The Labute approximate surface area is 107 Å². The summed E-state index contributed by atoms with van der Waals surface area (Å²) in [5.41, 5.74) is 8.71. The zero-order valence-corrected chi connectivity index (χ0v) is 10.7. The van der Waals surface area contributed by atoms with Crippen LogP contribution < -0.4 is 11.1 Å². The van der Waals surface area contributed by atoms with Crippen LogP contribution >= 0.6 is 0 Å². The molecule has 3 rings (SSSR count). The average molecular weight is 241 g/mol. The summed E-state index contributed by atoms with van der Waals surface area (Å²) in [7, 11) is 0. The Kier molecular flexibility index (Phi) is 2.82. The van der Waals surface area contributed by atoms with E-state index in [4.69, 9.17) is 5.73 Å². The number of aromatic nitrogens is 1. The van der Waals surface area contributed by atoms with Gasteiger partial charge in [-0.3, -0.25) is 4.98 Å². The van der Waals surface area contributed by atoms with Gasteiger partial charge >= 0.3 is 0 Å². The number of nitrogens with zero attached hydrogens (tertiary/aromatic N) is 1. The number of benzene rings is 1. The Morgan fingerprint density at radius 2 is 2.17 bits per heavy atom. The van der Waals surface area contributed by atoms with Crippen molar-refractivity contribution in [1.29, 1.82) is 0 Å². The second kappa shape index (κ2) is 4.48. The lowest BCUT2D eigenvalue weighted by Crippen LogP contribution is -2.21. The fraction of sp³-hybridized carbons (Fsp3) is 0.400. The van der Waals surface area contributed by atoms with Gasteiger partial charge in [0.2, 0.25) is 0 Å². The zero-order chi connectivity index (χ0) is 12.5. The molecule has 0 spiro atoms. The molecule has 1 aliphatic carbocycles. The van der Waals surface area contributed by atoms with Crippen LogP contribution in [0.2, 0.25) is 0 Å². The molecule has 0 bridgehead atoms. The molecule has 3 nitrogen and oxygen atoms in total. The Morgan fingerprint density at radius 1 is 1.28 bits per heavy atom. The fourth-order valence-corrected chi connectivity index (χ4v) is 2.85. The molecule has 1 aromatic heterocycles. The largest absolute Gasteiger partial charge is 0.399 e. The molecule has 1 heterocycles. The summed E-state index contributed by atoms with van der Waals surface area (Å²) < 4.78 is 0. The van der Waals surface area contributed by atoms with E-state index in [-0.39, 0.29) is 0 Å². The summed E-state index contributed by atoms with van der Waals surface area (Å²) in [6, 6.07) is 8.57. The first kappa shape index (κ1) is 11.3. The third kappa shape index (κ3) is 2.01. The van der Waals surface area contributed by atoms with Crippen molar-refractivity contribution in [2.24, 2.45) is 5.92 Å². The zero-order valence-electron chi connectivity index (χ0n) is 10.7. The summed E-state index contributed by atoms with van der Waals surface area (Å²) in [6.45, 7) is 2.33. The summed E-state index contributed by atoms with van der Waals surface area (Å²) in [6.07, 6.45) is 5.77. The third-order valence-electron chi connectivity index (χ3n) is 3.97. The van der Waals surface area contributed by atoms with E-state index in [1.54, 1.807) is 0 Å². The van der Waals surface area contributed by atoms with Crippen LogP contribution in [0.3, 0.4) is 0 Å². The van der Waals surface area contributed by atoms with Crippen LogP contribution in [0.1, 0.15) is 26.2 Å². The molecular weight excluding hydrogens is 222 g/mol. The Hall–Kier alpha value is -1.77. The molecule has 1 aliphatic rings. The average Bonchev–Trinajstić information content (AvgIpc) is 2.75. The van der Waals surface area contributed by atoms with Crippen molar-refractivity contribution >= 4 is 22.3 Å². The van der Waals surface area contributed by atoms with Gasteiger partial charge < -0.3 is 11.1 Å². The molecule has 3 heteroatoms. The Bertz CT molecular complexity index is 565. The van der Waals surface area contributed by atoms with Crippen LogP contribution in [0.15, 0.2) is 30.5 Å². The van der Waals surface area contributed by atoms with Gasteiger partial charge in [-0.15, -0.1) is 0 Å². The lowest BCUT2D eigenvalue weighted by molar-refractivity contribution is 0.557. The van der Waals surface area contributed by atoms with Crippen molar-refractivity contribution in [3.05, 3.63) is 30.5 Å². The first-order valence-electron chi connectivity index (χ1n) is 6.65. The van der Waals surface area contributed by atoms with Gasteiger partial charge in [0.05, 0.1) is 5.52 Å². The Balaban J connectivity index is 1.96. The molecular formula is C15H19N3.